The average molecular weight is 341 g/mol. The number of benzene rings is 1. The van der Waals surface area contributed by atoms with E-state index in [-0.39, 0.29) is 12.5 Å². The van der Waals surface area contributed by atoms with Crippen LogP contribution in [0.15, 0.2) is 58.7 Å². The fourth-order valence-electron chi connectivity index (χ4n) is 2.63. The molecule has 2 aromatic heterocycles. The van der Waals surface area contributed by atoms with Crippen molar-refractivity contribution >= 4 is 17.2 Å². The fraction of sp³-hybridized carbons (Fsp3) is 0.211. The van der Waals surface area contributed by atoms with E-state index in [2.05, 4.69) is 5.32 Å². The number of nitrogens with one attached hydrogen (secondary N) is 1. The first kappa shape index (κ1) is 16.5. The number of furan rings is 1. The summed E-state index contributed by atoms with van der Waals surface area (Å²) in [7, 11) is 0. The van der Waals surface area contributed by atoms with Gasteiger partial charge in [-0.3, -0.25) is 4.79 Å². The average Bonchev–Trinajstić information content (AvgIpc) is 3.28. The third kappa shape index (κ3) is 3.13. The zero-order valence-corrected chi connectivity index (χ0v) is 14.4. The van der Waals surface area contributed by atoms with Gasteiger partial charge in [0.25, 0.3) is 5.91 Å². The molecule has 1 amide bonds. The van der Waals surface area contributed by atoms with Crippen LogP contribution in [0.1, 0.15) is 31.9 Å². The predicted molar refractivity (Wildman–Crippen MR) is 94.3 cm³/mol. The molecule has 0 saturated heterocycles. The highest BCUT2D eigenvalue weighted by molar-refractivity contribution is 7.10. The Balaban J connectivity index is 1.85. The van der Waals surface area contributed by atoms with Gasteiger partial charge in [-0.15, -0.1) is 11.3 Å². The van der Waals surface area contributed by atoms with Crippen LogP contribution in [0.5, 0.6) is 0 Å². The Morgan fingerprint density at radius 3 is 2.79 bits per heavy atom. The minimum atomic E-state index is -1.31. The first-order valence-corrected chi connectivity index (χ1v) is 8.53. The molecule has 2 N–H and O–H groups in total. The van der Waals surface area contributed by atoms with Gasteiger partial charge in [0.15, 0.2) is 0 Å². The first-order valence-electron chi connectivity index (χ1n) is 7.65. The Bertz CT molecular complexity index is 788. The molecule has 1 unspecified atom stereocenters. The summed E-state index contributed by atoms with van der Waals surface area (Å²) >= 11 is 1.44. The molecule has 124 valence electrons. The normalized spacial score (nSPS) is 13.5. The van der Waals surface area contributed by atoms with E-state index in [1.165, 1.54) is 23.9 Å². The monoisotopic (exact) mass is 341 g/mol. The maximum atomic E-state index is 12.6. The molecule has 0 spiro atoms. The van der Waals surface area contributed by atoms with Gasteiger partial charge in [-0.25, -0.2) is 0 Å². The predicted octanol–water partition coefficient (Wildman–Crippen LogP) is 3.62. The maximum Gasteiger partial charge on any atom is 0.251 e. The molecule has 3 rings (SSSR count). The minimum absolute atomic E-state index is 0.0687. The number of hydrogen-bond acceptors (Lipinski definition) is 4. The molecule has 1 aromatic carbocycles. The fourth-order valence-corrected chi connectivity index (χ4v) is 3.47. The zero-order chi connectivity index (χ0) is 17.2. The van der Waals surface area contributed by atoms with Crippen LogP contribution in [-0.4, -0.2) is 17.6 Å². The van der Waals surface area contributed by atoms with Crippen molar-refractivity contribution in [2.45, 2.75) is 19.4 Å². The second-order valence-corrected chi connectivity index (χ2v) is 6.80. The van der Waals surface area contributed by atoms with E-state index in [0.717, 1.165) is 16.0 Å². The maximum absolute atomic E-state index is 12.6. The van der Waals surface area contributed by atoms with Crippen LogP contribution in [0.4, 0.5) is 0 Å². The van der Waals surface area contributed by atoms with Crippen molar-refractivity contribution in [1.29, 1.82) is 0 Å². The number of aryl methyl sites for hydroxylation is 2. The lowest BCUT2D eigenvalue weighted by atomic mass is 9.94. The number of rotatable bonds is 5. The van der Waals surface area contributed by atoms with Crippen LogP contribution < -0.4 is 5.32 Å². The molecular formula is C19H19NO3S. The van der Waals surface area contributed by atoms with E-state index in [0.29, 0.717) is 11.1 Å². The summed E-state index contributed by atoms with van der Waals surface area (Å²) < 4.78 is 5.12. The molecule has 0 aliphatic rings. The molecular weight excluding hydrogens is 322 g/mol. The molecule has 0 radical (unpaired) electrons. The Labute approximate surface area is 144 Å². The van der Waals surface area contributed by atoms with E-state index in [9.17, 15) is 9.90 Å². The molecule has 0 bridgehead atoms. The van der Waals surface area contributed by atoms with E-state index in [4.69, 9.17) is 4.42 Å². The van der Waals surface area contributed by atoms with Crippen molar-refractivity contribution in [3.05, 3.63) is 81.4 Å². The van der Waals surface area contributed by atoms with E-state index >= 15 is 0 Å². The van der Waals surface area contributed by atoms with Gasteiger partial charge in [-0.05, 0) is 43.0 Å². The Morgan fingerprint density at radius 1 is 1.29 bits per heavy atom. The second kappa shape index (κ2) is 6.63. The summed E-state index contributed by atoms with van der Waals surface area (Å²) in [6, 6.07) is 11.2. The Morgan fingerprint density at radius 2 is 2.12 bits per heavy atom. The van der Waals surface area contributed by atoms with E-state index < -0.39 is 5.60 Å². The molecule has 1 atom stereocenters. The van der Waals surface area contributed by atoms with Crippen molar-refractivity contribution in [3.8, 4) is 0 Å². The molecule has 24 heavy (non-hydrogen) atoms. The lowest BCUT2D eigenvalue weighted by molar-refractivity contribution is 0.0714. The van der Waals surface area contributed by atoms with E-state index in [1.807, 2.05) is 49.6 Å². The molecule has 5 heteroatoms. The van der Waals surface area contributed by atoms with Crippen LogP contribution >= 0.6 is 11.3 Å². The second-order valence-electron chi connectivity index (χ2n) is 5.85. The summed E-state index contributed by atoms with van der Waals surface area (Å²) in [6.45, 7) is 3.92. The summed E-state index contributed by atoms with van der Waals surface area (Å²) in [5.41, 5.74) is 1.85. The molecule has 3 aromatic rings. The van der Waals surface area contributed by atoms with Gasteiger partial charge in [0.1, 0.15) is 5.60 Å². The number of amides is 1. The molecule has 0 fully saturated rings. The van der Waals surface area contributed by atoms with Gasteiger partial charge in [-0.1, -0.05) is 23.8 Å². The van der Waals surface area contributed by atoms with Crippen molar-refractivity contribution in [2.24, 2.45) is 0 Å². The van der Waals surface area contributed by atoms with Gasteiger partial charge >= 0.3 is 0 Å². The Hall–Kier alpha value is -2.37. The number of carbonyl (C=O) groups excluding carboxylic acids is 1. The van der Waals surface area contributed by atoms with Gasteiger partial charge in [0.2, 0.25) is 0 Å². The highest BCUT2D eigenvalue weighted by Gasteiger charge is 2.34. The zero-order valence-electron chi connectivity index (χ0n) is 13.6. The van der Waals surface area contributed by atoms with Gasteiger partial charge < -0.3 is 14.8 Å². The van der Waals surface area contributed by atoms with Crippen LogP contribution in [0.3, 0.4) is 0 Å². The van der Waals surface area contributed by atoms with Crippen LogP contribution in [0, 0.1) is 13.8 Å². The van der Waals surface area contributed by atoms with Crippen molar-refractivity contribution in [3.63, 3.8) is 0 Å². The first-order chi connectivity index (χ1) is 11.5. The summed E-state index contributed by atoms with van der Waals surface area (Å²) in [5.74, 6) is -0.199. The van der Waals surface area contributed by atoms with Crippen molar-refractivity contribution in [2.75, 3.05) is 6.54 Å². The lowest BCUT2D eigenvalue weighted by Gasteiger charge is -2.26. The summed E-state index contributed by atoms with van der Waals surface area (Å²) in [4.78, 5) is 13.3. The lowest BCUT2D eigenvalue weighted by Crippen LogP contribution is -2.41. The topological polar surface area (TPSA) is 62.5 Å². The van der Waals surface area contributed by atoms with E-state index in [1.54, 1.807) is 6.07 Å². The number of thiophene rings is 1. The number of hydrogen-bond donors (Lipinski definition) is 2. The molecule has 0 saturated carbocycles. The molecule has 2 heterocycles. The summed E-state index contributed by atoms with van der Waals surface area (Å²) in [6.07, 6.45) is 3.02. The number of carbonyl (C=O) groups is 1. The van der Waals surface area contributed by atoms with Crippen LogP contribution in [0.25, 0.3) is 0 Å². The van der Waals surface area contributed by atoms with Gasteiger partial charge in [-0.2, -0.15) is 0 Å². The standard InChI is InChI=1S/C19H19NO3S/c1-13-5-6-14(2)16(10-13)18(21)20-12-19(22,15-7-8-23-11-15)17-4-3-9-24-17/h3-11,22H,12H2,1-2H3,(H,20,21). The third-order valence-corrected chi connectivity index (χ3v) is 5.09. The van der Waals surface area contributed by atoms with Gasteiger partial charge in [0, 0.05) is 16.0 Å². The Kier molecular flexibility index (Phi) is 4.55. The van der Waals surface area contributed by atoms with Crippen LogP contribution in [0.2, 0.25) is 0 Å². The third-order valence-electron chi connectivity index (χ3n) is 4.07. The molecule has 0 aliphatic carbocycles. The summed E-state index contributed by atoms with van der Waals surface area (Å²) in [5, 5.41) is 15.9. The highest BCUT2D eigenvalue weighted by Crippen LogP contribution is 2.32. The van der Waals surface area contributed by atoms with Crippen LogP contribution in [-0.2, 0) is 5.60 Å². The minimum Gasteiger partial charge on any atom is -0.472 e. The molecule has 0 aliphatic heterocycles. The number of aliphatic hydroxyl groups is 1. The largest absolute Gasteiger partial charge is 0.472 e. The SMILES string of the molecule is Cc1ccc(C)c(C(=O)NCC(O)(c2ccoc2)c2cccs2)c1. The van der Waals surface area contributed by atoms with Gasteiger partial charge in [0.05, 0.1) is 19.1 Å². The quantitative estimate of drug-likeness (QED) is 0.745. The highest BCUT2D eigenvalue weighted by atomic mass is 32.1. The van der Waals surface area contributed by atoms with Crippen molar-refractivity contribution in [1.82, 2.24) is 5.32 Å². The molecule has 4 nitrogen and oxygen atoms in total. The van der Waals surface area contributed by atoms with Crippen molar-refractivity contribution < 1.29 is 14.3 Å². The smallest absolute Gasteiger partial charge is 0.251 e.